The maximum Gasteiger partial charge on any atom is 0.264 e. The predicted molar refractivity (Wildman–Crippen MR) is 126 cm³/mol. The number of hydrogen-bond acceptors (Lipinski definition) is 5. The first-order chi connectivity index (χ1) is 15.9. The van der Waals surface area contributed by atoms with Gasteiger partial charge in [0.25, 0.3) is 15.9 Å². The van der Waals surface area contributed by atoms with Crippen LogP contribution in [0.25, 0.3) is 0 Å². The summed E-state index contributed by atoms with van der Waals surface area (Å²) in [6.45, 7) is 1.84. The fourth-order valence-electron chi connectivity index (χ4n) is 3.81. The summed E-state index contributed by atoms with van der Waals surface area (Å²) in [6.07, 6.45) is -0.335. The first-order valence-electron chi connectivity index (χ1n) is 10.7. The molecule has 0 saturated heterocycles. The largest absolute Gasteiger partial charge is 0.497 e. The lowest BCUT2D eigenvalue weighted by Crippen LogP contribution is -2.51. The van der Waals surface area contributed by atoms with Crippen LogP contribution < -0.4 is 19.1 Å². The summed E-state index contributed by atoms with van der Waals surface area (Å²) >= 11 is 0. The van der Waals surface area contributed by atoms with E-state index in [0.717, 1.165) is 11.3 Å². The Hall–Kier alpha value is -3.52. The molecule has 0 aromatic heterocycles. The van der Waals surface area contributed by atoms with Crippen molar-refractivity contribution in [2.45, 2.75) is 30.4 Å². The van der Waals surface area contributed by atoms with E-state index in [9.17, 15) is 13.2 Å². The second-order valence-corrected chi connectivity index (χ2v) is 9.53. The molecule has 1 aliphatic rings. The second kappa shape index (κ2) is 9.54. The van der Waals surface area contributed by atoms with Crippen molar-refractivity contribution in [1.29, 1.82) is 0 Å². The Balaban J connectivity index is 1.60. The second-order valence-electron chi connectivity index (χ2n) is 7.67. The third-order valence-electron chi connectivity index (χ3n) is 5.60. The molecule has 7 nitrogen and oxygen atoms in total. The molecule has 0 bridgehead atoms. The Bertz CT molecular complexity index is 1210. The summed E-state index contributed by atoms with van der Waals surface area (Å²) in [6, 6.07) is 22.2. The molecule has 3 aromatic rings. The van der Waals surface area contributed by atoms with E-state index in [4.69, 9.17) is 9.47 Å². The fourth-order valence-corrected chi connectivity index (χ4v) is 5.31. The number of methoxy groups -OCH3 is 1. The number of hydrogen-bond donors (Lipinski definition) is 1. The van der Waals surface area contributed by atoms with Crippen LogP contribution in [0.4, 0.5) is 5.69 Å². The predicted octanol–water partition coefficient (Wildman–Crippen LogP) is 3.92. The Kier molecular flexibility index (Phi) is 6.55. The van der Waals surface area contributed by atoms with Crippen LogP contribution in [-0.4, -0.2) is 34.1 Å². The van der Waals surface area contributed by atoms with Crippen molar-refractivity contribution in [2.75, 3.05) is 18.0 Å². The molecule has 4 rings (SSSR count). The summed E-state index contributed by atoms with van der Waals surface area (Å²) < 4.78 is 39.2. The van der Waals surface area contributed by atoms with Gasteiger partial charge in [0.05, 0.1) is 30.3 Å². The summed E-state index contributed by atoms with van der Waals surface area (Å²) in [5, 5.41) is 3.01. The number of amides is 1. The van der Waals surface area contributed by atoms with Gasteiger partial charge in [0, 0.05) is 0 Å². The number of nitrogens with zero attached hydrogens (tertiary/aromatic N) is 1. The van der Waals surface area contributed by atoms with Gasteiger partial charge in [-0.25, -0.2) is 8.42 Å². The van der Waals surface area contributed by atoms with Crippen molar-refractivity contribution in [3.05, 3.63) is 84.4 Å². The maximum atomic E-state index is 13.4. The van der Waals surface area contributed by atoms with E-state index in [1.165, 1.54) is 4.31 Å². The normalized spacial score (nSPS) is 16.3. The highest BCUT2D eigenvalue weighted by molar-refractivity contribution is 7.92. The van der Waals surface area contributed by atoms with Crippen LogP contribution in [0.2, 0.25) is 0 Å². The first-order valence-corrected chi connectivity index (χ1v) is 12.2. The maximum absolute atomic E-state index is 13.4. The average Bonchev–Trinajstić information content (AvgIpc) is 2.87. The third kappa shape index (κ3) is 4.66. The first kappa shape index (κ1) is 22.7. The molecule has 33 heavy (non-hydrogen) atoms. The van der Waals surface area contributed by atoms with Gasteiger partial charge >= 0.3 is 0 Å². The molecule has 2 atom stereocenters. The SMILES string of the molecule is CC[C@@H](NC(=O)[C@@H]1CN(S(=O)(=O)c2ccccc2)c2ccccc2O1)c1ccc(OC)cc1. The van der Waals surface area contributed by atoms with E-state index >= 15 is 0 Å². The van der Waals surface area contributed by atoms with E-state index in [0.29, 0.717) is 17.9 Å². The van der Waals surface area contributed by atoms with Crippen molar-refractivity contribution < 1.29 is 22.7 Å². The summed E-state index contributed by atoms with van der Waals surface area (Å²) in [4.78, 5) is 13.4. The lowest BCUT2D eigenvalue weighted by Gasteiger charge is -2.35. The Morgan fingerprint density at radius 2 is 1.73 bits per heavy atom. The van der Waals surface area contributed by atoms with Gasteiger partial charge < -0.3 is 14.8 Å². The monoisotopic (exact) mass is 466 g/mol. The van der Waals surface area contributed by atoms with Gasteiger partial charge in [0.2, 0.25) is 0 Å². The smallest absolute Gasteiger partial charge is 0.264 e. The standard InChI is InChI=1S/C25H26N2O5S/c1-3-21(18-13-15-19(31-2)16-14-18)26-25(28)24-17-27(22-11-7-8-12-23(22)32-24)33(29,30)20-9-5-4-6-10-20/h4-16,21,24H,3,17H2,1-2H3,(H,26,28)/t21-,24+/m1/s1. The molecule has 0 unspecified atom stereocenters. The van der Waals surface area contributed by atoms with Crippen LogP contribution in [-0.2, 0) is 14.8 Å². The molecule has 172 valence electrons. The van der Waals surface area contributed by atoms with Gasteiger partial charge in [0.1, 0.15) is 11.5 Å². The molecule has 1 heterocycles. The highest BCUT2D eigenvalue weighted by Gasteiger charge is 2.37. The number of carbonyl (C=O) groups excluding carboxylic acids is 1. The molecule has 0 radical (unpaired) electrons. The van der Waals surface area contributed by atoms with E-state index in [-0.39, 0.29) is 23.4 Å². The molecule has 1 amide bonds. The molecule has 0 saturated carbocycles. The van der Waals surface area contributed by atoms with Crippen LogP contribution in [0.3, 0.4) is 0 Å². The minimum Gasteiger partial charge on any atom is -0.497 e. The van der Waals surface area contributed by atoms with Gasteiger partial charge in [-0.15, -0.1) is 0 Å². The van der Waals surface area contributed by atoms with Crippen molar-refractivity contribution in [3.63, 3.8) is 0 Å². The van der Waals surface area contributed by atoms with Crippen molar-refractivity contribution >= 4 is 21.6 Å². The zero-order valence-electron chi connectivity index (χ0n) is 18.5. The number of ether oxygens (including phenoxy) is 2. The summed E-state index contributed by atoms with van der Waals surface area (Å²) in [7, 11) is -2.28. The molecule has 0 spiro atoms. The van der Waals surface area contributed by atoms with Gasteiger partial charge in [-0.2, -0.15) is 0 Å². The minimum absolute atomic E-state index is 0.126. The quantitative estimate of drug-likeness (QED) is 0.571. The van der Waals surface area contributed by atoms with Crippen LogP contribution >= 0.6 is 0 Å². The van der Waals surface area contributed by atoms with Crippen LogP contribution in [0.1, 0.15) is 24.9 Å². The molecule has 3 aromatic carbocycles. The molecule has 0 aliphatic carbocycles. The summed E-state index contributed by atoms with van der Waals surface area (Å²) in [5.41, 5.74) is 1.34. The van der Waals surface area contributed by atoms with E-state index < -0.39 is 16.1 Å². The van der Waals surface area contributed by atoms with Crippen molar-refractivity contribution in [3.8, 4) is 11.5 Å². The zero-order valence-corrected chi connectivity index (χ0v) is 19.3. The highest BCUT2D eigenvalue weighted by Crippen LogP contribution is 2.37. The number of rotatable bonds is 7. The number of nitrogens with one attached hydrogen (secondary N) is 1. The number of anilines is 1. The number of carbonyl (C=O) groups is 1. The van der Waals surface area contributed by atoms with Gasteiger partial charge in [0.15, 0.2) is 6.10 Å². The van der Waals surface area contributed by atoms with E-state index in [2.05, 4.69) is 5.32 Å². The van der Waals surface area contributed by atoms with Crippen LogP contribution in [0.5, 0.6) is 11.5 Å². The number of fused-ring (bicyclic) bond motifs is 1. The van der Waals surface area contributed by atoms with Crippen LogP contribution in [0.15, 0.2) is 83.8 Å². The molecule has 1 aliphatic heterocycles. The zero-order chi connectivity index (χ0) is 23.4. The third-order valence-corrected chi connectivity index (χ3v) is 7.40. The molecular formula is C25H26N2O5S. The van der Waals surface area contributed by atoms with Crippen molar-refractivity contribution in [2.24, 2.45) is 0 Å². The van der Waals surface area contributed by atoms with Gasteiger partial charge in [-0.3, -0.25) is 9.10 Å². The lowest BCUT2D eigenvalue weighted by molar-refractivity contribution is -0.128. The average molecular weight is 467 g/mol. The lowest BCUT2D eigenvalue weighted by atomic mass is 10.0. The Labute approximate surface area is 194 Å². The Morgan fingerprint density at radius 1 is 1.06 bits per heavy atom. The van der Waals surface area contributed by atoms with Crippen molar-refractivity contribution in [1.82, 2.24) is 5.32 Å². The van der Waals surface area contributed by atoms with Gasteiger partial charge in [-0.1, -0.05) is 49.4 Å². The number of para-hydroxylation sites is 2. The fraction of sp³-hybridized carbons (Fsp3) is 0.240. The molecule has 1 N–H and O–H groups in total. The van der Waals surface area contributed by atoms with E-state index in [1.54, 1.807) is 61.7 Å². The number of sulfonamides is 1. The minimum atomic E-state index is -3.88. The highest BCUT2D eigenvalue weighted by atomic mass is 32.2. The van der Waals surface area contributed by atoms with Crippen LogP contribution in [0, 0.1) is 0 Å². The molecule has 8 heteroatoms. The van der Waals surface area contributed by atoms with Gasteiger partial charge in [-0.05, 0) is 48.4 Å². The summed E-state index contributed by atoms with van der Waals surface area (Å²) in [5.74, 6) is 0.704. The Morgan fingerprint density at radius 3 is 2.39 bits per heavy atom. The number of benzene rings is 3. The van der Waals surface area contributed by atoms with E-state index in [1.807, 2.05) is 31.2 Å². The molecule has 0 fully saturated rings. The molecular weight excluding hydrogens is 440 g/mol. The topological polar surface area (TPSA) is 84.9 Å².